The first kappa shape index (κ1) is 12.9. The molecule has 2 heterocycles. The lowest BCUT2D eigenvalue weighted by Crippen LogP contribution is -2.45. The van der Waals surface area contributed by atoms with Gasteiger partial charge in [-0.25, -0.2) is 4.98 Å². The van der Waals surface area contributed by atoms with Crippen molar-refractivity contribution in [2.24, 2.45) is 5.92 Å². The molecule has 1 saturated carbocycles. The zero-order chi connectivity index (χ0) is 13.1. The maximum Gasteiger partial charge on any atom is 0.212 e. The highest BCUT2D eigenvalue weighted by atomic mass is 16.5. The van der Waals surface area contributed by atoms with Crippen LogP contribution in [-0.4, -0.2) is 43.2 Å². The molecule has 1 aromatic rings. The molecule has 104 valence electrons. The molecule has 2 fully saturated rings. The molecule has 1 aromatic heterocycles. The van der Waals surface area contributed by atoms with Gasteiger partial charge in [-0.1, -0.05) is 18.9 Å². The van der Waals surface area contributed by atoms with Crippen molar-refractivity contribution in [3.8, 4) is 5.88 Å². The molecule has 1 aliphatic carbocycles. The molecule has 0 bridgehead atoms. The Kier molecular flexibility index (Phi) is 3.99. The predicted molar refractivity (Wildman–Crippen MR) is 75.3 cm³/mol. The van der Waals surface area contributed by atoms with E-state index in [-0.39, 0.29) is 0 Å². The van der Waals surface area contributed by atoms with Crippen molar-refractivity contribution in [1.29, 1.82) is 0 Å². The van der Waals surface area contributed by atoms with E-state index in [0.717, 1.165) is 32.1 Å². The lowest BCUT2D eigenvalue weighted by Gasteiger charge is -2.35. The van der Waals surface area contributed by atoms with Gasteiger partial charge < -0.3 is 10.1 Å². The molecule has 0 radical (unpaired) electrons. The average molecular weight is 261 g/mol. The van der Waals surface area contributed by atoms with Crippen LogP contribution in [0.2, 0.25) is 0 Å². The van der Waals surface area contributed by atoms with Gasteiger partial charge in [-0.2, -0.15) is 0 Å². The monoisotopic (exact) mass is 261 g/mol. The van der Waals surface area contributed by atoms with Gasteiger partial charge in [0.2, 0.25) is 5.88 Å². The molecule has 1 atom stereocenters. The van der Waals surface area contributed by atoms with Gasteiger partial charge >= 0.3 is 0 Å². The summed E-state index contributed by atoms with van der Waals surface area (Å²) in [6.45, 7) is 4.49. The summed E-state index contributed by atoms with van der Waals surface area (Å²) in [6, 6.07) is 4.70. The summed E-state index contributed by atoms with van der Waals surface area (Å²) in [7, 11) is 1.67. The van der Waals surface area contributed by atoms with Crippen LogP contribution in [0.1, 0.15) is 30.9 Å². The van der Waals surface area contributed by atoms with E-state index in [4.69, 9.17) is 4.74 Å². The summed E-state index contributed by atoms with van der Waals surface area (Å²) in [5.41, 5.74) is 1.34. The van der Waals surface area contributed by atoms with Crippen LogP contribution >= 0.6 is 0 Å². The van der Waals surface area contributed by atoms with Crippen LogP contribution in [0.25, 0.3) is 0 Å². The number of pyridine rings is 1. The number of nitrogens with one attached hydrogen (secondary N) is 1. The van der Waals surface area contributed by atoms with Gasteiger partial charge in [-0.15, -0.1) is 0 Å². The van der Waals surface area contributed by atoms with E-state index < -0.39 is 0 Å². The highest BCUT2D eigenvalue weighted by molar-refractivity contribution is 5.21. The molecule has 0 aromatic carbocycles. The molecule has 1 saturated heterocycles. The molecule has 0 amide bonds. The fourth-order valence-electron chi connectivity index (χ4n) is 2.87. The van der Waals surface area contributed by atoms with E-state index in [1.54, 1.807) is 7.11 Å². The highest BCUT2D eigenvalue weighted by Gasteiger charge is 2.30. The first-order valence-electron chi connectivity index (χ1n) is 7.31. The molecule has 2 aliphatic rings. The second-order valence-corrected chi connectivity index (χ2v) is 5.61. The van der Waals surface area contributed by atoms with Crippen molar-refractivity contribution >= 4 is 0 Å². The highest BCUT2D eigenvalue weighted by Crippen LogP contribution is 2.40. The molecule has 3 rings (SSSR count). The van der Waals surface area contributed by atoms with Crippen LogP contribution in [0.3, 0.4) is 0 Å². The summed E-state index contributed by atoms with van der Waals surface area (Å²) in [6.07, 6.45) is 6.10. The van der Waals surface area contributed by atoms with Crippen molar-refractivity contribution < 1.29 is 4.74 Å². The molecule has 4 nitrogen and oxygen atoms in total. The van der Waals surface area contributed by atoms with Crippen molar-refractivity contribution in [3.05, 3.63) is 23.9 Å². The minimum absolute atomic E-state index is 0.535. The summed E-state index contributed by atoms with van der Waals surface area (Å²) in [5, 5.41) is 3.43. The summed E-state index contributed by atoms with van der Waals surface area (Å²) in [4.78, 5) is 6.99. The number of rotatable bonds is 5. The van der Waals surface area contributed by atoms with Crippen molar-refractivity contribution in [2.45, 2.75) is 25.3 Å². The van der Waals surface area contributed by atoms with Gasteiger partial charge in [0, 0.05) is 44.5 Å². The van der Waals surface area contributed by atoms with Gasteiger partial charge in [-0.3, -0.25) is 4.90 Å². The molecule has 1 aliphatic heterocycles. The molecular weight excluding hydrogens is 238 g/mol. The Labute approximate surface area is 115 Å². The lowest BCUT2D eigenvalue weighted by molar-refractivity contribution is 0.160. The first-order chi connectivity index (χ1) is 9.36. The Bertz CT molecular complexity index is 396. The molecule has 0 spiro atoms. The topological polar surface area (TPSA) is 37.4 Å². The van der Waals surface area contributed by atoms with E-state index in [2.05, 4.69) is 21.3 Å². The van der Waals surface area contributed by atoms with Crippen molar-refractivity contribution in [2.75, 3.05) is 33.3 Å². The molecule has 4 heteroatoms. The first-order valence-corrected chi connectivity index (χ1v) is 7.31. The minimum Gasteiger partial charge on any atom is -0.481 e. The third-order valence-corrected chi connectivity index (χ3v) is 4.20. The van der Waals surface area contributed by atoms with Gasteiger partial charge in [0.1, 0.15) is 0 Å². The van der Waals surface area contributed by atoms with Gasteiger partial charge in [0.25, 0.3) is 0 Å². The van der Waals surface area contributed by atoms with Crippen LogP contribution in [-0.2, 0) is 0 Å². The second kappa shape index (κ2) is 5.88. The van der Waals surface area contributed by atoms with Crippen LogP contribution in [0.5, 0.6) is 5.88 Å². The smallest absolute Gasteiger partial charge is 0.212 e. The number of hydrogen-bond acceptors (Lipinski definition) is 4. The van der Waals surface area contributed by atoms with E-state index in [1.807, 2.05) is 12.3 Å². The summed E-state index contributed by atoms with van der Waals surface area (Å²) >= 11 is 0. The van der Waals surface area contributed by atoms with Crippen molar-refractivity contribution in [3.63, 3.8) is 0 Å². The van der Waals surface area contributed by atoms with E-state index in [9.17, 15) is 0 Å². The zero-order valence-corrected chi connectivity index (χ0v) is 11.6. The summed E-state index contributed by atoms with van der Waals surface area (Å²) < 4.78 is 5.15. The molecule has 0 unspecified atom stereocenters. The largest absolute Gasteiger partial charge is 0.481 e. The molecular formula is C15H23N3O. The standard InChI is InChI=1S/C15H23N3O/c1-19-15-5-4-13(11-17-15)14(10-12-2-3-12)18-8-6-16-7-9-18/h4-5,11-12,14,16H,2-3,6-10H2,1H3/t14-/m1/s1. The third kappa shape index (κ3) is 3.25. The lowest BCUT2D eigenvalue weighted by atomic mass is 10.0. The molecule has 1 N–H and O–H groups in total. The number of piperazine rings is 1. The zero-order valence-electron chi connectivity index (χ0n) is 11.6. The van der Waals surface area contributed by atoms with E-state index in [1.165, 1.54) is 24.8 Å². The van der Waals surface area contributed by atoms with E-state index in [0.29, 0.717) is 11.9 Å². The van der Waals surface area contributed by atoms with Gasteiger partial charge in [0.05, 0.1) is 7.11 Å². The minimum atomic E-state index is 0.535. The van der Waals surface area contributed by atoms with Crippen LogP contribution < -0.4 is 10.1 Å². The van der Waals surface area contributed by atoms with Gasteiger partial charge in [0.15, 0.2) is 0 Å². The number of ether oxygens (including phenoxy) is 1. The number of nitrogens with zero attached hydrogens (tertiary/aromatic N) is 2. The maximum atomic E-state index is 5.15. The molecule has 19 heavy (non-hydrogen) atoms. The third-order valence-electron chi connectivity index (χ3n) is 4.20. The van der Waals surface area contributed by atoms with E-state index >= 15 is 0 Å². The number of aromatic nitrogens is 1. The predicted octanol–water partition coefficient (Wildman–Crippen LogP) is 1.84. The fourth-order valence-corrected chi connectivity index (χ4v) is 2.87. The van der Waals surface area contributed by atoms with Gasteiger partial charge in [-0.05, 0) is 17.9 Å². The Morgan fingerprint density at radius 3 is 2.74 bits per heavy atom. The second-order valence-electron chi connectivity index (χ2n) is 5.61. The quantitative estimate of drug-likeness (QED) is 0.877. The average Bonchev–Trinajstić information content (AvgIpc) is 3.30. The van der Waals surface area contributed by atoms with Crippen molar-refractivity contribution in [1.82, 2.24) is 15.2 Å². The Morgan fingerprint density at radius 1 is 1.37 bits per heavy atom. The van der Waals surface area contributed by atoms with Crippen LogP contribution in [0.4, 0.5) is 0 Å². The Morgan fingerprint density at radius 2 is 2.16 bits per heavy atom. The normalized spacial score (nSPS) is 22.2. The number of hydrogen-bond donors (Lipinski definition) is 1. The SMILES string of the molecule is COc1ccc([C@@H](CC2CC2)N2CCNCC2)cn1. The Balaban J connectivity index is 1.75. The maximum absolute atomic E-state index is 5.15. The fraction of sp³-hybridized carbons (Fsp3) is 0.667. The number of methoxy groups -OCH3 is 1. The van der Waals surface area contributed by atoms with Crippen LogP contribution in [0.15, 0.2) is 18.3 Å². The Hall–Kier alpha value is -1.13. The summed E-state index contributed by atoms with van der Waals surface area (Å²) in [5.74, 6) is 1.64. The van der Waals surface area contributed by atoms with Crippen LogP contribution in [0, 0.1) is 5.92 Å².